The predicted octanol–water partition coefficient (Wildman–Crippen LogP) is 6.61. The van der Waals surface area contributed by atoms with Crippen LogP contribution in [0, 0.1) is 6.92 Å². The summed E-state index contributed by atoms with van der Waals surface area (Å²) in [6.45, 7) is 2.06. The Morgan fingerprint density at radius 3 is 2.39 bits per heavy atom. The third kappa shape index (κ3) is 3.19. The molecule has 0 saturated heterocycles. The predicted molar refractivity (Wildman–Crippen MR) is 88.4 cm³/mol. The van der Waals surface area contributed by atoms with E-state index >= 15 is 0 Å². The molecule has 0 aliphatic rings. The van der Waals surface area contributed by atoms with E-state index in [1.54, 1.807) is 0 Å². The van der Waals surface area contributed by atoms with Gasteiger partial charge in [-0.3, -0.25) is 0 Å². The van der Waals surface area contributed by atoms with E-state index in [2.05, 4.69) is 66.8 Å². The lowest BCUT2D eigenvalue weighted by atomic mass is 10.0. The Morgan fingerprint density at radius 2 is 1.72 bits per heavy atom. The summed E-state index contributed by atoms with van der Waals surface area (Å²) in [5.74, 6) is 0. The first kappa shape index (κ1) is 14.6. The SMILES string of the molecule is Cc1cc(Br)c(C(Cl)c2cccc(Br)c2)cc1Br. The molecule has 0 radical (unpaired) electrons. The van der Waals surface area contributed by atoms with Gasteiger partial charge >= 0.3 is 0 Å². The van der Waals surface area contributed by atoms with E-state index in [0.29, 0.717) is 0 Å². The Kier molecular flexibility index (Phi) is 4.92. The average Bonchev–Trinajstić information content (AvgIpc) is 2.33. The molecule has 2 rings (SSSR count). The largest absolute Gasteiger partial charge is 0.113 e. The van der Waals surface area contributed by atoms with Gasteiger partial charge in [-0.1, -0.05) is 59.9 Å². The van der Waals surface area contributed by atoms with Gasteiger partial charge in [-0.05, 0) is 47.9 Å². The molecule has 2 aromatic rings. The maximum atomic E-state index is 6.56. The third-order valence-corrected chi connectivity index (χ3v) is 5.21. The zero-order chi connectivity index (χ0) is 13.3. The van der Waals surface area contributed by atoms with Gasteiger partial charge in [0, 0.05) is 13.4 Å². The van der Waals surface area contributed by atoms with Gasteiger partial charge in [-0.2, -0.15) is 0 Å². The van der Waals surface area contributed by atoms with E-state index in [1.807, 2.05) is 24.3 Å². The fraction of sp³-hybridized carbons (Fsp3) is 0.143. The van der Waals surface area contributed by atoms with E-state index in [9.17, 15) is 0 Å². The number of benzene rings is 2. The Balaban J connectivity index is 2.46. The second-order valence-corrected chi connectivity index (χ2v) is 7.10. The normalized spacial score (nSPS) is 12.5. The van der Waals surface area contributed by atoms with Crippen LogP contribution in [0.3, 0.4) is 0 Å². The molecule has 0 saturated carbocycles. The average molecular weight is 453 g/mol. The number of alkyl halides is 1. The first-order valence-corrected chi connectivity index (χ1v) is 8.15. The van der Waals surface area contributed by atoms with Crippen molar-refractivity contribution in [3.8, 4) is 0 Å². The molecular formula is C14H10Br3Cl. The van der Waals surface area contributed by atoms with Gasteiger partial charge in [0.25, 0.3) is 0 Å². The van der Waals surface area contributed by atoms with Crippen LogP contribution in [0.4, 0.5) is 0 Å². The first-order valence-electron chi connectivity index (χ1n) is 5.34. The minimum Gasteiger partial charge on any atom is -0.113 e. The Labute approximate surface area is 137 Å². The summed E-state index contributed by atoms with van der Waals surface area (Å²) in [7, 11) is 0. The first-order chi connectivity index (χ1) is 8.49. The minimum absolute atomic E-state index is 0.172. The summed E-state index contributed by atoms with van der Waals surface area (Å²) in [5, 5.41) is -0.172. The Bertz CT molecular complexity index is 581. The highest BCUT2D eigenvalue weighted by Crippen LogP contribution is 2.37. The van der Waals surface area contributed by atoms with Gasteiger partial charge in [0.15, 0.2) is 0 Å². The van der Waals surface area contributed by atoms with Crippen molar-refractivity contribution in [2.24, 2.45) is 0 Å². The molecule has 0 aromatic heterocycles. The molecule has 0 amide bonds. The zero-order valence-electron chi connectivity index (χ0n) is 9.55. The van der Waals surface area contributed by atoms with Crippen molar-refractivity contribution in [3.05, 3.63) is 66.5 Å². The molecule has 0 nitrogen and oxygen atoms in total. The minimum atomic E-state index is -0.172. The zero-order valence-corrected chi connectivity index (χ0v) is 15.1. The molecule has 4 heteroatoms. The molecule has 0 heterocycles. The van der Waals surface area contributed by atoms with Crippen molar-refractivity contribution in [1.82, 2.24) is 0 Å². The van der Waals surface area contributed by atoms with Crippen molar-refractivity contribution >= 4 is 59.4 Å². The van der Waals surface area contributed by atoms with Crippen LogP contribution in [0.1, 0.15) is 22.1 Å². The second kappa shape index (κ2) is 6.08. The topological polar surface area (TPSA) is 0 Å². The van der Waals surface area contributed by atoms with Gasteiger partial charge in [0.05, 0.1) is 5.38 Å². The fourth-order valence-electron chi connectivity index (χ4n) is 1.70. The van der Waals surface area contributed by atoms with Crippen LogP contribution >= 0.6 is 59.4 Å². The molecule has 2 aromatic carbocycles. The van der Waals surface area contributed by atoms with Gasteiger partial charge < -0.3 is 0 Å². The summed E-state index contributed by atoms with van der Waals surface area (Å²) in [5.41, 5.74) is 3.32. The van der Waals surface area contributed by atoms with E-state index in [4.69, 9.17) is 11.6 Å². The number of rotatable bonds is 2. The molecule has 0 aliphatic heterocycles. The third-order valence-electron chi connectivity index (χ3n) is 2.69. The van der Waals surface area contributed by atoms with Gasteiger partial charge in [-0.25, -0.2) is 0 Å². The fourth-order valence-corrected chi connectivity index (χ4v) is 3.61. The number of hydrogen-bond donors (Lipinski definition) is 0. The van der Waals surface area contributed by atoms with Crippen LogP contribution < -0.4 is 0 Å². The summed E-state index contributed by atoms with van der Waals surface area (Å²) in [6, 6.07) is 12.2. The van der Waals surface area contributed by atoms with Crippen molar-refractivity contribution in [1.29, 1.82) is 0 Å². The second-order valence-electron chi connectivity index (χ2n) is 4.04. The maximum Gasteiger partial charge on any atom is 0.0847 e. The lowest BCUT2D eigenvalue weighted by molar-refractivity contribution is 1.12. The van der Waals surface area contributed by atoms with Crippen molar-refractivity contribution in [2.75, 3.05) is 0 Å². The van der Waals surface area contributed by atoms with Crippen LogP contribution in [0.25, 0.3) is 0 Å². The summed E-state index contributed by atoms with van der Waals surface area (Å²) in [6.07, 6.45) is 0. The highest BCUT2D eigenvalue weighted by atomic mass is 79.9. The van der Waals surface area contributed by atoms with Crippen molar-refractivity contribution in [2.45, 2.75) is 12.3 Å². The monoisotopic (exact) mass is 450 g/mol. The van der Waals surface area contributed by atoms with Crippen LogP contribution in [-0.4, -0.2) is 0 Å². The van der Waals surface area contributed by atoms with Gasteiger partial charge in [-0.15, -0.1) is 11.6 Å². The van der Waals surface area contributed by atoms with Gasteiger partial charge in [0.1, 0.15) is 0 Å². The summed E-state index contributed by atoms with van der Waals surface area (Å²) in [4.78, 5) is 0. The maximum absolute atomic E-state index is 6.56. The molecular weight excluding hydrogens is 443 g/mol. The Hall–Kier alpha value is 0.170. The van der Waals surface area contributed by atoms with Gasteiger partial charge in [0.2, 0.25) is 0 Å². The lowest BCUT2D eigenvalue weighted by Gasteiger charge is -2.14. The quantitative estimate of drug-likeness (QED) is 0.449. The van der Waals surface area contributed by atoms with Crippen molar-refractivity contribution < 1.29 is 0 Å². The van der Waals surface area contributed by atoms with Crippen LogP contribution in [0.15, 0.2) is 49.8 Å². The molecule has 18 heavy (non-hydrogen) atoms. The van der Waals surface area contributed by atoms with E-state index in [1.165, 1.54) is 5.56 Å². The van der Waals surface area contributed by atoms with Crippen LogP contribution in [-0.2, 0) is 0 Å². The molecule has 1 unspecified atom stereocenters. The number of aryl methyl sites for hydroxylation is 1. The molecule has 1 atom stereocenters. The number of hydrogen-bond acceptors (Lipinski definition) is 0. The van der Waals surface area contributed by atoms with E-state index in [-0.39, 0.29) is 5.38 Å². The standard InChI is InChI=1S/C14H10Br3Cl/c1-8-5-13(17)11(7-12(8)16)14(18)9-3-2-4-10(15)6-9/h2-7,14H,1H3. The van der Waals surface area contributed by atoms with Crippen LogP contribution in [0.2, 0.25) is 0 Å². The molecule has 0 spiro atoms. The van der Waals surface area contributed by atoms with Crippen LogP contribution in [0.5, 0.6) is 0 Å². The Morgan fingerprint density at radius 1 is 1.00 bits per heavy atom. The number of halogens is 4. The smallest absolute Gasteiger partial charge is 0.0847 e. The molecule has 94 valence electrons. The van der Waals surface area contributed by atoms with Crippen molar-refractivity contribution in [3.63, 3.8) is 0 Å². The van der Waals surface area contributed by atoms with E-state index < -0.39 is 0 Å². The molecule has 0 fully saturated rings. The summed E-state index contributed by atoms with van der Waals surface area (Å²) >= 11 is 17.2. The molecule has 0 aliphatic carbocycles. The summed E-state index contributed by atoms with van der Waals surface area (Å²) < 4.78 is 3.14. The lowest BCUT2D eigenvalue weighted by Crippen LogP contribution is -1.96. The molecule has 0 N–H and O–H groups in total. The highest BCUT2D eigenvalue weighted by molar-refractivity contribution is 9.11. The van der Waals surface area contributed by atoms with E-state index in [0.717, 1.165) is 24.5 Å². The molecule has 0 bridgehead atoms. The highest BCUT2D eigenvalue weighted by Gasteiger charge is 2.15.